The number of methoxy groups -OCH3 is 1. The maximum atomic E-state index is 12.6. The van der Waals surface area contributed by atoms with Crippen molar-refractivity contribution in [3.63, 3.8) is 0 Å². The number of ether oxygens (including phenoxy) is 3. The number of carbonyl (C=O) groups is 1. The van der Waals surface area contributed by atoms with Crippen molar-refractivity contribution in [2.75, 3.05) is 46.6 Å². The zero-order chi connectivity index (χ0) is 23.2. The maximum Gasteiger partial charge on any atom is 0.337 e. The van der Waals surface area contributed by atoms with Crippen LogP contribution < -0.4 is 9.46 Å². The molecule has 12 heteroatoms. The number of nitrogens with one attached hydrogen (secondary N) is 1. The quantitative estimate of drug-likeness (QED) is 0.410. The number of rotatable bonds is 9. The van der Waals surface area contributed by atoms with Gasteiger partial charge in [-0.1, -0.05) is 6.07 Å². The molecule has 2 aromatic rings. The van der Waals surface area contributed by atoms with Gasteiger partial charge in [-0.05, 0) is 42.5 Å². The highest BCUT2D eigenvalue weighted by atomic mass is 32.2. The van der Waals surface area contributed by atoms with Crippen LogP contribution >= 0.6 is 0 Å². The summed E-state index contributed by atoms with van der Waals surface area (Å²) in [6.07, 6.45) is 0. The second kappa shape index (κ2) is 10.4. The third-order valence-corrected chi connectivity index (χ3v) is 8.03. The zero-order valence-corrected chi connectivity index (χ0v) is 19.0. The van der Waals surface area contributed by atoms with Crippen LogP contribution in [0, 0.1) is 0 Å². The fraction of sp³-hybridized carbons (Fsp3) is 0.350. The van der Waals surface area contributed by atoms with Gasteiger partial charge in [0.05, 0.1) is 35.7 Å². The molecular weight excluding hydrogens is 460 g/mol. The lowest BCUT2D eigenvalue weighted by molar-refractivity contribution is 0.0600. The van der Waals surface area contributed by atoms with E-state index in [-0.39, 0.29) is 28.5 Å². The molecule has 0 radical (unpaired) electrons. The average Bonchev–Trinajstić information content (AvgIpc) is 2.82. The van der Waals surface area contributed by atoms with E-state index < -0.39 is 26.0 Å². The zero-order valence-electron chi connectivity index (χ0n) is 17.4. The summed E-state index contributed by atoms with van der Waals surface area (Å²) in [4.78, 5) is 11.7. The predicted octanol–water partition coefficient (Wildman–Crippen LogP) is 0.851. The lowest BCUT2D eigenvalue weighted by Crippen LogP contribution is -2.40. The van der Waals surface area contributed by atoms with Gasteiger partial charge in [0.25, 0.3) is 0 Å². The topological polar surface area (TPSA) is 128 Å². The highest BCUT2D eigenvalue weighted by Crippen LogP contribution is 2.20. The number of nitrogens with zero attached hydrogens (tertiary/aromatic N) is 1. The van der Waals surface area contributed by atoms with Gasteiger partial charge in [-0.3, -0.25) is 0 Å². The summed E-state index contributed by atoms with van der Waals surface area (Å²) in [6, 6.07) is 11.4. The molecule has 0 spiro atoms. The fourth-order valence-corrected chi connectivity index (χ4v) is 5.45. The second-order valence-electron chi connectivity index (χ2n) is 6.75. The number of hydrogen-bond donors (Lipinski definition) is 1. The molecule has 0 unspecified atom stereocenters. The van der Waals surface area contributed by atoms with Gasteiger partial charge < -0.3 is 14.2 Å². The first-order valence-electron chi connectivity index (χ1n) is 9.73. The Morgan fingerprint density at radius 3 is 2.38 bits per heavy atom. The van der Waals surface area contributed by atoms with Gasteiger partial charge in [0, 0.05) is 19.6 Å². The van der Waals surface area contributed by atoms with Crippen LogP contribution in [0.15, 0.2) is 58.3 Å². The van der Waals surface area contributed by atoms with Crippen LogP contribution in [0.4, 0.5) is 0 Å². The molecule has 0 atom stereocenters. The van der Waals surface area contributed by atoms with Crippen LogP contribution in [0.25, 0.3) is 0 Å². The standard InChI is InChI=1S/C20H24N2O8S2/c1-28-20(23)16-3-2-4-19(15-16)31(24,25)21-9-12-30-17-5-7-18(8-6-17)32(26,27)22-10-13-29-14-11-22/h2-8,15,21H,9-14H2,1H3. The molecule has 1 saturated heterocycles. The molecule has 10 nitrogen and oxygen atoms in total. The number of sulfonamides is 2. The molecule has 2 aromatic carbocycles. The molecule has 1 N–H and O–H groups in total. The van der Waals surface area contributed by atoms with Gasteiger partial charge in [0.1, 0.15) is 12.4 Å². The summed E-state index contributed by atoms with van der Waals surface area (Å²) in [5.41, 5.74) is 0.124. The Morgan fingerprint density at radius 1 is 1.03 bits per heavy atom. The van der Waals surface area contributed by atoms with Gasteiger partial charge >= 0.3 is 5.97 Å². The lowest BCUT2D eigenvalue weighted by Gasteiger charge is -2.26. The molecule has 0 bridgehead atoms. The monoisotopic (exact) mass is 484 g/mol. The van der Waals surface area contributed by atoms with Crippen LogP contribution in [0.5, 0.6) is 5.75 Å². The SMILES string of the molecule is COC(=O)c1cccc(S(=O)(=O)NCCOc2ccc(S(=O)(=O)N3CCOCC3)cc2)c1. The Hall–Kier alpha value is -2.51. The van der Waals surface area contributed by atoms with E-state index in [0.717, 1.165) is 0 Å². The molecule has 1 aliphatic rings. The predicted molar refractivity (Wildman–Crippen MR) is 114 cm³/mol. The van der Waals surface area contributed by atoms with E-state index in [1.165, 1.54) is 59.9 Å². The Balaban J connectivity index is 1.54. The highest BCUT2D eigenvalue weighted by molar-refractivity contribution is 7.89. The lowest BCUT2D eigenvalue weighted by atomic mass is 10.2. The summed E-state index contributed by atoms with van der Waals surface area (Å²) >= 11 is 0. The Labute approximate surface area is 187 Å². The summed E-state index contributed by atoms with van der Waals surface area (Å²) in [6.45, 7) is 1.34. The summed E-state index contributed by atoms with van der Waals surface area (Å²) < 4.78 is 69.1. The molecule has 0 aliphatic carbocycles. The van der Waals surface area contributed by atoms with Crippen LogP contribution in [0.3, 0.4) is 0 Å². The van der Waals surface area contributed by atoms with Crippen LogP contribution in [-0.4, -0.2) is 73.7 Å². The molecule has 1 aliphatic heterocycles. The fourth-order valence-electron chi connectivity index (χ4n) is 2.98. The normalized spacial score (nSPS) is 15.3. The van der Waals surface area contributed by atoms with Gasteiger partial charge in [-0.2, -0.15) is 4.31 Å². The largest absolute Gasteiger partial charge is 0.492 e. The Morgan fingerprint density at radius 2 is 1.72 bits per heavy atom. The van der Waals surface area contributed by atoms with Gasteiger partial charge in [0.2, 0.25) is 20.0 Å². The van der Waals surface area contributed by atoms with Crippen molar-refractivity contribution in [1.82, 2.24) is 9.03 Å². The molecule has 174 valence electrons. The van der Waals surface area contributed by atoms with Crippen LogP contribution in [0.2, 0.25) is 0 Å². The van der Waals surface area contributed by atoms with E-state index in [1.807, 2.05) is 0 Å². The van der Waals surface area contributed by atoms with E-state index in [2.05, 4.69) is 9.46 Å². The third kappa shape index (κ3) is 5.84. The average molecular weight is 485 g/mol. The van der Waals surface area contributed by atoms with Crippen molar-refractivity contribution in [3.05, 3.63) is 54.1 Å². The van der Waals surface area contributed by atoms with Crippen molar-refractivity contribution in [1.29, 1.82) is 0 Å². The minimum Gasteiger partial charge on any atom is -0.492 e. The molecular formula is C20H24N2O8S2. The van der Waals surface area contributed by atoms with E-state index in [9.17, 15) is 21.6 Å². The molecule has 3 rings (SSSR count). The van der Waals surface area contributed by atoms with E-state index in [4.69, 9.17) is 9.47 Å². The summed E-state index contributed by atoms with van der Waals surface area (Å²) in [5.74, 6) is -0.234. The first-order valence-corrected chi connectivity index (χ1v) is 12.7. The number of morpholine rings is 1. The molecule has 0 aromatic heterocycles. The molecule has 32 heavy (non-hydrogen) atoms. The van der Waals surface area contributed by atoms with Crippen molar-refractivity contribution in [3.8, 4) is 5.75 Å². The van der Waals surface area contributed by atoms with Crippen LogP contribution in [0.1, 0.15) is 10.4 Å². The smallest absolute Gasteiger partial charge is 0.337 e. The first-order chi connectivity index (χ1) is 15.2. The van der Waals surface area contributed by atoms with Gasteiger partial charge in [-0.15, -0.1) is 0 Å². The highest BCUT2D eigenvalue weighted by Gasteiger charge is 2.26. The second-order valence-corrected chi connectivity index (χ2v) is 10.5. The van der Waals surface area contributed by atoms with Crippen LogP contribution in [-0.2, 0) is 29.5 Å². The minimum atomic E-state index is -3.85. The maximum absolute atomic E-state index is 12.6. The van der Waals surface area contributed by atoms with Crippen molar-refractivity contribution < 1.29 is 35.8 Å². The first kappa shape index (κ1) is 24.1. The number of esters is 1. The summed E-state index contributed by atoms with van der Waals surface area (Å²) in [5, 5.41) is 0. The molecule has 1 heterocycles. The Kier molecular flexibility index (Phi) is 7.85. The van der Waals surface area contributed by atoms with Crippen molar-refractivity contribution in [2.24, 2.45) is 0 Å². The van der Waals surface area contributed by atoms with Gasteiger partial charge in [-0.25, -0.2) is 26.4 Å². The van der Waals surface area contributed by atoms with E-state index >= 15 is 0 Å². The minimum absolute atomic E-state index is 0.0193. The Bertz CT molecular complexity index is 1140. The number of carbonyl (C=O) groups excluding carboxylic acids is 1. The van der Waals surface area contributed by atoms with E-state index in [0.29, 0.717) is 32.1 Å². The number of hydrogen-bond acceptors (Lipinski definition) is 8. The molecule has 0 amide bonds. The van der Waals surface area contributed by atoms with E-state index in [1.54, 1.807) is 0 Å². The molecule has 1 fully saturated rings. The third-order valence-electron chi connectivity index (χ3n) is 4.66. The van der Waals surface area contributed by atoms with Crippen molar-refractivity contribution in [2.45, 2.75) is 9.79 Å². The van der Waals surface area contributed by atoms with Crippen molar-refractivity contribution >= 4 is 26.0 Å². The summed E-state index contributed by atoms with van der Waals surface area (Å²) in [7, 11) is -6.23. The molecule has 0 saturated carbocycles. The number of benzene rings is 2. The van der Waals surface area contributed by atoms with Gasteiger partial charge in [0.15, 0.2) is 0 Å².